The van der Waals surface area contributed by atoms with Crippen molar-refractivity contribution in [1.29, 1.82) is 0 Å². The molecule has 2 N–H and O–H groups in total. The van der Waals surface area contributed by atoms with Crippen molar-refractivity contribution in [2.24, 2.45) is 33.5 Å². The molecule has 0 unspecified atom stereocenters. The highest BCUT2D eigenvalue weighted by Crippen LogP contribution is 2.83. The summed E-state index contributed by atoms with van der Waals surface area (Å²) in [7, 11) is 0. The topological polar surface area (TPSA) is 171 Å². The SMILES string of the molecule is CC(=O)O[C@@H]1OC[C@@]23[C@H]4C(=O)[C@H](OC(C)=O)[C@@]5(C)[C@H](c6ccoc6)C[C@H]6O[C@]65[C@]4(C)[C@H](O)C[C@H]2[C@@]1(C)[C@H](OC(C)=O)C[C@@H]3O. The number of esters is 3. The highest BCUT2D eigenvalue weighted by molar-refractivity contribution is 5.93. The van der Waals surface area contributed by atoms with Gasteiger partial charge in [0.15, 0.2) is 11.9 Å². The molecule has 3 heterocycles. The molecule has 14 atom stereocenters. The second kappa shape index (κ2) is 9.14. The lowest BCUT2D eigenvalue weighted by atomic mass is 9.33. The number of aliphatic hydroxyl groups excluding tert-OH is 2. The fourth-order valence-electron chi connectivity index (χ4n) is 11.3. The molecule has 1 aromatic heterocycles. The molecule has 0 aromatic carbocycles. The molecule has 1 spiro atoms. The van der Waals surface area contributed by atoms with E-state index < -0.39 is 93.5 Å². The van der Waals surface area contributed by atoms with Crippen molar-refractivity contribution >= 4 is 23.7 Å². The van der Waals surface area contributed by atoms with E-state index in [1.165, 1.54) is 20.8 Å². The molecule has 240 valence electrons. The number of carbonyl (C=O) groups excluding carboxylic acids is 4. The molecule has 4 aliphatic carbocycles. The standard InChI is InChI=1S/C32H40O12/c1-14(33)41-22-11-21(37)31-13-40-27(43-16(3)35)28(22,4)19(31)10-20(36)30(6)25(31)24(38)26(42-15(2)34)29(5)18(17-7-8-39-12-17)9-23-32(29,30)44-23/h7-8,12,18-23,25-27,36-37H,9-11,13H2,1-6H3/t18-,19-,20+,21-,22+,23+,25-,26-,27-,28-,29+,30+,31+,32+/m0/s1. The fraction of sp³-hybridized carbons (Fsp3) is 0.750. The summed E-state index contributed by atoms with van der Waals surface area (Å²) >= 11 is 0. The Morgan fingerprint density at radius 2 is 1.59 bits per heavy atom. The van der Waals surface area contributed by atoms with Crippen LogP contribution in [-0.2, 0) is 42.9 Å². The van der Waals surface area contributed by atoms with Crippen molar-refractivity contribution < 1.29 is 57.5 Å². The Labute approximate surface area is 254 Å². The summed E-state index contributed by atoms with van der Waals surface area (Å²) in [6.45, 7) is 9.09. The number of Topliss-reactive ketones (excluding diaryl/α,β-unsaturated/α-hetero) is 1. The van der Waals surface area contributed by atoms with Crippen LogP contribution in [0.5, 0.6) is 0 Å². The average Bonchev–Trinajstić information content (AvgIpc) is 3.29. The fourth-order valence-corrected chi connectivity index (χ4v) is 11.3. The maximum Gasteiger partial charge on any atom is 0.304 e. The van der Waals surface area contributed by atoms with Gasteiger partial charge in [-0.1, -0.05) is 13.8 Å². The first-order chi connectivity index (χ1) is 20.6. The largest absolute Gasteiger partial charge is 0.472 e. The number of aliphatic hydroxyl groups is 2. The normalized spacial score (nSPS) is 51.6. The Bertz CT molecular complexity index is 1420. The van der Waals surface area contributed by atoms with Crippen LogP contribution in [0.3, 0.4) is 0 Å². The Morgan fingerprint density at radius 3 is 2.20 bits per heavy atom. The molecule has 7 rings (SSSR count). The van der Waals surface area contributed by atoms with Gasteiger partial charge in [0.05, 0.1) is 48.3 Å². The molecule has 6 fully saturated rings. The molecule has 0 amide bonds. The zero-order valence-electron chi connectivity index (χ0n) is 25.7. The van der Waals surface area contributed by atoms with Crippen LogP contribution in [0.1, 0.15) is 72.3 Å². The highest BCUT2D eigenvalue weighted by atomic mass is 16.7. The van der Waals surface area contributed by atoms with Gasteiger partial charge in [-0.2, -0.15) is 0 Å². The number of rotatable bonds is 4. The molecule has 0 radical (unpaired) electrons. The predicted octanol–water partition coefficient (Wildman–Crippen LogP) is 2.04. The molecule has 44 heavy (non-hydrogen) atoms. The van der Waals surface area contributed by atoms with Gasteiger partial charge in [0.1, 0.15) is 11.7 Å². The molecule has 2 saturated heterocycles. The van der Waals surface area contributed by atoms with Crippen LogP contribution in [0, 0.1) is 33.5 Å². The third kappa shape index (κ3) is 3.22. The van der Waals surface area contributed by atoms with Crippen LogP contribution in [0.4, 0.5) is 0 Å². The van der Waals surface area contributed by atoms with E-state index in [0.29, 0.717) is 6.42 Å². The van der Waals surface area contributed by atoms with E-state index in [0.717, 1.165) is 5.56 Å². The Balaban J connectivity index is 1.43. The summed E-state index contributed by atoms with van der Waals surface area (Å²) in [5.41, 5.74) is -5.09. The summed E-state index contributed by atoms with van der Waals surface area (Å²) in [4.78, 5) is 52.3. The van der Waals surface area contributed by atoms with Gasteiger partial charge in [-0.3, -0.25) is 19.2 Å². The van der Waals surface area contributed by atoms with Crippen LogP contribution in [0.2, 0.25) is 0 Å². The number of hydrogen-bond donors (Lipinski definition) is 2. The number of carbonyl (C=O) groups is 4. The van der Waals surface area contributed by atoms with Gasteiger partial charge < -0.3 is 38.3 Å². The lowest BCUT2D eigenvalue weighted by Gasteiger charge is -2.73. The third-order valence-electron chi connectivity index (χ3n) is 12.8. The van der Waals surface area contributed by atoms with Gasteiger partial charge in [0.2, 0.25) is 6.29 Å². The van der Waals surface area contributed by atoms with Crippen molar-refractivity contribution in [2.75, 3.05) is 6.61 Å². The number of ketones is 1. The van der Waals surface area contributed by atoms with Gasteiger partial charge in [-0.15, -0.1) is 0 Å². The quantitative estimate of drug-likeness (QED) is 0.287. The Hall–Kier alpha value is -2.80. The minimum absolute atomic E-state index is 0.0475. The lowest BCUT2D eigenvalue weighted by molar-refractivity contribution is -0.374. The first-order valence-electron chi connectivity index (χ1n) is 15.3. The number of fused-ring (bicyclic) bond motifs is 1. The molecule has 12 heteroatoms. The van der Waals surface area contributed by atoms with E-state index in [1.807, 2.05) is 19.9 Å². The number of epoxide rings is 1. The molecular formula is C32H40O12. The van der Waals surface area contributed by atoms with Gasteiger partial charge >= 0.3 is 17.9 Å². The minimum atomic E-state index is -1.31. The summed E-state index contributed by atoms with van der Waals surface area (Å²) in [5.74, 6) is -4.32. The van der Waals surface area contributed by atoms with Gasteiger partial charge in [0, 0.05) is 49.9 Å². The van der Waals surface area contributed by atoms with Crippen molar-refractivity contribution in [3.8, 4) is 0 Å². The van der Waals surface area contributed by atoms with E-state index >= 15 is 4.79 Å². The second-order valence-corrected chi connectivity index (χ2v) is 14.5. The zero-order chi connectivity index (χ0) is 31.8. The van der Waals surface area contributed by atoms with Crippen molar-refractivity contribution in [3.63, 3.8) is 0 Å². The highest BCUT2D eigenvalue weighted by Gasteiger charge is 2.92. The van der Waals surface area contributed by atoms with Gasteiger partial charge in [0.25, 0.3) is 0 Å². The molecule has 2 aliphatic heterocycles. The Morgan fingerprint density at radius 1 is 0.909 bits per heavy atom. The number of ether oxygens (including phenoxy) is 5. The first kappa shape index (κ1) is 29.9. The molecule has 6 aliphatic rings. The maximum absolute atomic E-state index is 15.2. The summed E-state index contributed by atoms with van der Waals surface area (Å²) in [5, 5.41) is 24.5. The van der Waals surface area contributed by atoms with Crippen molar-refractivity contribution in [3.05, 3.63) is 24.2 Å². The van der Waals surface area contributed by atoms with Crippen molar-refractivity contribution in [2.45, 2.75) is 109 Å². The molecule has 1 aromatic rings. The van der Waals surface area contributed by atoms with Crippen LogP contribution in [0.15, 0.2) is 23.0 Å². The van der Waals surface area contributed by atoms with Crippen LogP contribution >= 0.6 is 0 Å². The number of furan rings is 1. The van der Waals surface area contributed by atoms with Gasteiger partial charge in [-0.25, -0.2) is 0 Å². The molecular weight excluding hydrogens is 576 g/mol. The van der Waals surface area contributed by atoms with E-state index in [-0.39, 0.29) is 31.5 Å². The Kier molecular flexibility index (Phi) is 6.21. The van der Waals surface area contributed by atoms with E-state index in [9.17, 15) is 24.6 Å². The van der Waals surface area contributed by atoms with Crippen LogP contribution in [-0.4, -0.2) is 82.9 Å². The smallest absolute Gasteiger partial charge is 0.304 e. The minimum Gasteiger partial charge on any atom is -0.472 e. The second-order valence-electron chi connectivity index (χ2n) is 14.5. The third-order valence-corrected chi connectivity index (χ3v) is 12.8. The molecule has 4 saturated carbocycles. The van der Waals surface area contributed by atoms with Crippen LogP contribution in [0.25, 0.3) is 0 Å². The summed E-state index contributed by atoms with van der Waals surface area (Å²) in [6.07, 6.45) is -2.32. The predicted molar refractivity (Wildman–Crippen MR) is 146 cm³/mol. The zero-order valence-corrected chi connectivity index (χ0v) is 25.7. The monoisotopic (exact) mass is 616 g/mol. The average molecular weight is 617 g/mol. The van der Waals surface area contributed by atoms with E-state index in [2.05, 4.69) is 0 Å². The summed E-state index contributed by atoms with van der Waals surface area (Å²) < 4.78 is 35.6. The maximum atomic E-state index is 15.2. The van der Waals surface area contributed by atoms with E-state index in [4.69, 9.17) is 28.1 Å². The van der Waals surface area contributed by atoms with Gasteiger partial charge in [-0.05, 0) is 37.3 Å². The van der Waals surface area contributed by atoms with Crippen molar-refractivity contribution in [1.82, 2.24) is 0 Å². The lowest BCUT2D eigenvalue weighted by Crippen LogP contribution is -2.82. The van der Waals surface area contributed by atoms with Crippen LogP contribution < -0.4 is 0 Å². The first-order valence-corrected chi connectivity index (χ1v) is 15.3. The number of hydrogen-bond acceptors (Lipinski definition) is 12. The molecule has 12 nitrogen and oxygen atoms in total. The summed E-state index contributed by atoms with van der Waals surface area (Å²) in [6, 6.07) is 1.83. The molecule has 2 bridgehead atoms. The van der Waals surface area contributed by atoms with E-state index in [1.54, 1.807) is 19.5 Å².